The number of hydrogen-bond donors (Lipinski definition) is 0. The lowest BCUT2D eigenvalue weighted by Gasteiger charge is -2.18. The third kappa shape index (κ3) is 4.25. The molecule has 0 radical (unpaired) electrons. The molecule has 0 fully saturated rings. The summed E-state index contributed by atoms with van der Waals surface area (Å²) in [5.74, 6) is -0.0432. The van der Waals surface area contributed by atoms with Crippen LogP contribution in [-0.4, -0.2) is 24.1 Å². The van der Waals surface area contributed by atoms with Gasteiger partial charge in [0.25, 0.3) is 5.91 Å². The van der Waals surface area contributed by atoms with Gasteiger partial charge in [0.2, 0.25) is 0 Å². The van der Waals surface area contributed by atoms with Crippen LogP contribution in [0.25, 0.3) is 0 Å². The summed E-state index contributed by atoms with van der Waals surface area (Å²) in [7, 11) is 1.79. The standard InChI is InChI=1S/C16H15BrClNOS/c1-19(10-11-3-6-13(21-2)7-4-11)16(20)12-5-8-14(17)15(18)9-12/h3-9H,10H2,1-2H3. The molecule has 2 aromatic carbocycles. The van der Waals surface area contributed by atoms with Crippen LogP contribution in [0.1, 0.15) is 15.9 Å². The summed E-state index contributed by atoms with van der Waals surface area (Å²) < 4.78 is 0.788. The molecular weight excluding hydrogens is 370 g/mol. The minimum absolute atomic E-state index is 0.0432. The molecule has 0 atom stereocenters. The average Bonchev–Trinajstić information content (AvgIpc) is 2.50. The first-order valence-corrected chi connectivity index (χ1v) is 8.74. The van der Waals surface area contributed by atoms with Gasteiger partial charge in [0, 0.05) is 28.5 Å². The van der Waals surface area contributed by atoms with Gasteiger partial charge in [0.15, 0.2) is 0 Å². The maximum absolute atomic E-state index is 12.4. The number of nitrogens with zero attached hydrogens (tertiary/aromatic N) is 1. The van der Waals surface area contributed by atoms with Crippen LogP contribution in [0.15, 0.2) is 51.8 Å². The van der Waals surface area contributed by atoms with Crippen LogP contribution in [0.4, 0.5) is 0 Å². The number of hydrogen-bond acceptors (Lipinski definition) is 2. The Labute approximate surface area is 142 Å². The van der Waals surface area contributed by atoms with Gasteiger partial charge in [0.05, 0.1) is 5.02 Å². The smallest absolute Gasteiger partial charge is 0.253 e. The van der Waals surface area contributed by atoms with E-state index in [4.69, 9.17) is 11.6 Å². The van der Waals surface area contributed by atoms with Crippen molar-refractivity contribution in [3.05, 3.63) is 63.1 Å². The van der Waals surface area contributed by atoms with E-state index in [1.54, 1.807) is 41.9 Å². The van der Waals surface area contributed by atoms with Crippen molar-refractivity contribution >= 4 is 45.2 Å². The summed E-state index contributed by atoms with van der Waals surface area (Å²) in [5, 5.41) is 0.540. The highest BCUT2D eigenvalue weighted by Gasteiger charge is 2.13. The van der Waals surface area contributed by atoms with Crippen molar-refractivity contribution in [1.29, 1.82) is 0 Å². The zero-order chi connectivity index (χ0) is 15.4. The molecule has 0 saturated heterocycles. The molecule has 0 aliphatic rings. The zero-order valence-corrected chi connectivity index (χ0v) is 14.9. The third-order valence-electron chi connectivity index (χ3n) is 3.09. The fourth-order valence-electron chi connectivity index (χ4n) is 1.93. The van der Waals surface area contributed by atoms with Crippen molar-refractivity contribution in [3.63, 3.8) is 0 Å². The van der Waals surface area contributed by atoms with Crippen molar-refractivity contribution in [2.24, 2.45) is 0 Å². The second-order valence-corrected chi connectivity index (χ2v) is 6.78. The molecule has 0 aliphatic heterocycles. The molecule has 0 spiro atoms. The Morgan fingerprint density at radius 1 is 1.24 bits per heavy atom. The number of benzene rings is 2. The molecule has 2 aromatic rings. The van der Waals surface area contributed by atoms with E-state index >= 15 is 0 Å². The van der Waals surface area contributed by atoms with E-state index in [2.05, 4.69) is 28.1 Å². The van der Waals surface area contributed by atoms with Gasteiger partial charge in [-0.3, -0.25) is 4.79 Å². The quantitative estimate of drug-likeness (QED) is 0.684. The monoisotopic (exact) mass is 383 g/mol. The second kappa shape index (κ2) is 7.34. The minimum Gasteiger partial charge on any atom is -0.337 e. The second-order valence-electron chi connectivity index (χ2n) is 4.64. The number of thioether (sulfide) groups is 1. The molecule has 0 aliphatic carbocycles. The Bertz CT molecular complexity index is 645. The topological polar surface area (TPSA) is 20.3 Å². The highest BCUT2D eigenvalue weighted by Crippen LogP contribution is 2.24. The molecular formula is C16H15BrClNOS. The first-order valence-electron chi connectivity index (χ1n) is 6.34. The van der Waals surface area contributed by atoms with Crippen molar-refractivity contribution < 1.29 is 4.79 Å². The normalized spacial score (nSPS) is 10.5. The average molecular weight is 385 g/mol. The van der Waals surface area contributed by atoms with Crippen LogP contribution in [0.3, 0.4) is 0 Å². The Morgan fingerprint density at radius 3 is 2.48 bits per heavy atom. The van der Waals surface area contributed by atoms with Crippen LogP contribution in [-0.2, 0) is 6.54 Å². The lowest BCUT2D eigenvalue weighted by molar-refractivity contribution is 0.0785. The van der Waals surface area contributed by atoms with Crippen molar-refractivity contribution in [1.82, 2.24) is 4.90 Å². The Balaban J connectivity index is 2.09. The Morgan fingerprint density at radius 2 is 1.90 bits per heavy atom. The van der Waals surface area contributed by atoms with E-state index in [-0.39, 0.29) is 5.91 Å². The number of rotatable bonds is 4. The van der Waals surface area contributed by atoms with Crippen molar-refractivity contribution in [2.75, 3.05) is 13.3 Å². The fraction of sp³-hybridized carbons (Fsp3) is 0.188. The molecule has 21 heavy (non-hydrogen) atoms. The summed E-state index contributed by atoms with van der Waals surface area (Å²) in [6, 6.07) is 13.5. The van der Waals surface area contributed by atoms with E-state index in [9.17, 15) is 4.79 Å². The molecule has 5 heteroatoms. The molecule has 0 saturated carbocycles. The maximum atomic E-state index is 12.4. The van der Waals surface area contributed by atoms with Crippen LogP contribution in [0.2, 0.25) is 5.02 Å². The Hall–Kier alpha value is -0.970. The van der Waals surface area contributed by atoms with Crippen LogP contribution in [0, 0.1) is 0 Å². The molecule has 0 heterocycles. The van der Waals surface area contributed by atoms with Crippen molar-refractivity contribution in [3.8, 4) is 0 Å². The third-order valence-corrected chi connectivity index (χ3v) is 5.07. The van der Waals surface area contributed by atoms with Gasteiger partial charge in [-0.1, -0.05) is 23.7 Å². The maximum Gasteiger partial charge on any atom is 0.253 e. The van der Waals surface area contributed by atoms with E-state index in [1.807, 2.05) is 18.4 Å². The molecule has 0 bridgehead atoms. The molecule has 2 rings (SSSR count). The van der Waals surface area contributed by atoms with Crippen LogP contribution < -0.4 is 0 Å². The summed E-state index contributed by atoms with van der Waals surface area (Å²) in [6.07, 6.45) is 2.04. The SMILES string of the molecule is CSc1ccc(CN(C)C(=O)c2ccc(Br)c(Cl)c2)cc1. The van der Waals surface area contributed by atoms with E-state index in [0.29, 0.717) is 17.1 Å². The van der Waals surface area contributed by atoms with Gasteiger partial charge in [0.1, 0.15) is 0 Å². The predicted molar refractivity (Wildman–Crippen MR) is 93.2 cm³/mol. The highest BCUT2D eigenvalue weighted by atomic mass is 79.9. The molecule has 0 N–H and O–H groups in total. The van der Waals surface area contributed by atoms with E-state index in [0.717, 1.165) is 10.0 Å². The van der Waals surface area contributed by atoms with Gasteiger partial charge >= 0.3 is 0 Å². The van der Waals surface area contributed by atoms with Gasteiger partial charge in [-0.25, -0.2) is 0 Å². The van der Waals surface area contributed by atoms with Gasteiger partial charge in [-0.15, -0.1) is 11.8 Å². The lowest BCUT2D eigenvalue weighted by atomic mass is 10.1. The van der Waals surface area contributed by atoms with Gasteiger partial charge in [-0.2, -0.15) is 0 Å². The molecule has 1 amide bonds. The number of carbonyl (C=O) groups excluding carboxylic acids is 1. The molecule has 2 nitrogen and oxygen atoms in total. The highest BCUT2D eigenvalue weighted by molar-refractivity contribution is 9.10. The summed E-state index contributed by atoms with van der Waals surface area (Å²) in [6.45, 7) is 0.571. The first-order chi connectivity index (χ1) is 10.0. The van der Waals surface area contributed by atoms with Crippen LogP contribution in [0.5, 0.6) is 0 Å². The Kier molecular flexibility index (Phi) is 5.73. The fourth-order valence-corrected chi connectivity index (χ4v) is 2.76. The van der Waals surface area contributed by atoms with Gasteiger partial charge < -0.3 is 4.90 Å². The number of carbonyl (C=O) groups is 1. The molecule has 0 unspecified atom stereocenters. The first kappa shape index (κ1) is 16.4. The van der Waals surface area contributed by atoms with Crippen molar-refractivity contribution in [2.45, 2.75) is 11.4 Å². The summed E-state index contributed by atoms with van der Waals surface area (Å²) in [4.78, 5) is 15.3. The predicted octanol–water partition coefficient (Wildman–Crippen LogP) is 5.10. The summed E-state index contributed by atoms with van der Waals surface area (Å²) >= 11 is 11.1. The number of amides is 1. The lowest BCUT2D eigenvalue weighted by Crippen LogP contribution is -2.26. The summed E-state index contributed by atoms with van der Waals surface area (Å²) in [5.41, 5.74) is 1.69. The molecule has 110 valence electrons. The number of halogens is 2. The largest absolute Gasteiger partial charge is 0.337 e. The van der Waals surface area contributed by atoms with Gasteiger partial charge in [-0.05, 0) is 58.1 Å². The minimum atomic E-state index is -0.0432. The van der Waals surface area contributed by atoms with E-state index in [1.165, 1.54) is 4.90 Å². The zero-order valence-electron chi connectivity index (χ0n) is 11.8. The molecule has 0 aromatic heterocycles. The van der Waals surface area contributed by atoms with Crippen LogP contribution >= 0.6 is 39.3 Å². The van der Waals surface area contributed by atoms with E-state index < -0.39 is 0 Å².